The molecule has 0 bridgehead atoms. The lowest BCUT2D eigenvalue weighted by Gasteiger charge is -2.02. The highest BCUT2D eigenvalue weighted by Gasteiger charge is 2.08. The van der Waals surface area contributed by atoms with Crippen LogP contribution in [0.4, 0.5) is 0 Å². The third kappa shape index (κ3) is 1.82. The Bertz CT molecular complexity index is 613. The summed E-state index contributed by atoms with van der Waals surface area (Å²) in [6, 6.07) is 5.48. The molecule has 4 nitrogen and oxygen atoms in total. The van der Waals surface area contributed by atoms with Crippen LogP contribution in [0.1, 0.15) is 11.1 Å². The normalized spacial score (nSPS) is 10.6. The second-order valence-corrected chi connectivity index (χ2v) is 3.76. The summed E-state index contributed by atoms with van der Waals surface area (Å²) in [4.78, 5) is 25.4. The van der Waals surface area contributed by atoms with Crippen LogP contribution in [0.3, 0.4) is 0 Å². The van der Waals surface area contributed by atoms with Crippen LogP contribution >= 0.6 is 0 Å². The van der Waals surface area contributed by atoms with Crippen molar-refractivity contribution < 1.29 is 9.90 Å². The van der Waals surface area contributed by atoms with Crippen molar-refractivity contribution in [1.82, 2.24) is 4.98 Å². The molecule has 0 unspecified atom stereocenters. The lowest BCUT2D eigenvalue weighted by Crippen LogP contribution is -2.14. The van der Waals surface area contributed by atoms with Gasteiger partial charge in [-0.3, -0.25) is 9.59 Å². The summed E-state index contributed by atoms with van der Waals surface area (Å²) in [7, 11) is 0. The number of carboxylic acid groups (broad SMARTS) is 1. The number of hydrogen-bond acceptors (Lipinski definition) is 2. The van der Waals surface area contributed by atoms with E-state index in [4.69, 9.17) is 5.11 Å². The molecule has 0 spiro atoms. The number of rotatable bonds is 2. The molecule has 1 aromatic heterocycles. The Morgan fingerprint density at radius 3 is 2.88 bits per heavy atom. The zero-order chi connectivity index (χ0) is 11.7. The molecule has 16 heavy (non-hydrogen) atoms. The average molecular weight is 217 g/mol. The number of aliphatic carboxylic acids is 1. The maximum absolute atomic E-state index is 11.9. The van der Waals surface area contributed by atoms with Crippen LogP contribution in [0, 0.1) is 6.92 Å². The van der Waals surface area contributed by atoms with E-state index >= 15 is 0 Å². The Morgan fingerprint density at radius 1 is 1.44 bits per heavy atom. The largest absolute Gasteiger partial charge is 0.481 e. The maximum atomic E-state index is 11.9. The predicted octanol–water partition coefficient (Wildman–Crippen LogP) is 1.46. The molecule has 82 valence electrons. The monoisotopic (exact) mass is 217 g/mol. The second kappa shape index (κ2) is 3.81. The fraction of sp³-hybridized carbons (Fsp3) is 0.167. The SMILES string of the molecule is Cc1ccc2[nH]cc(CC(=O)O)c(=O)c2c1. The highest BCUT2D eigenvalue weighted by Crippen LogP contribution is 2.10. The first-order chi connectivity index (χ1) is 7.58. The summed E-state index contributed by atoms with van der Waals surface area (Å²) in [5, 5.41) is 9.21. The van der Waals surface area contributed by atoms with Gasteiger partial charge in [0, 0.05) is 22.7 Å². The first-order valence-corrected chi connectivity index (χ1v) is 4.90. The zero-order valence-corrected chi connectivity index (χ0v) is 8.78. The van der Waals surface area contributed by atoms with E-state index in [0.29, 0.717) is 5.39 Å². The molecule has 1 aromatic carbocycles. The molecule has 0 aliphatic carbocycles. The number of fused-ring (bicyclic) bond motifs is 1. The molecule has 0 aliphatic heterocycles. The molecular weight excluding hydrogens is 206 g/mol. The van der Waals surface area contributed by atoms with E-state index in [1.54, 1.807) is 6.07 Å². The maximum Gasteiger partial charge on any atom is 0.308 e. The first kappa shape index (κ1) is 10.4. The van der Waals surface area contributed by atoms with E-state index in [1.165, 1.54) is 6.20 Å². The van der Waals surface area contributed by atoms with E-state index < -0.39 is 5.97 Å². The van der Waals surface area contributed by atoms with Crippen molar-refractivity contribution in [3.8, 4) is 0 Å². The minimum absolute atomic E-state index is 0.208. The van der Waals surface area contributed by atoms with Gasteiger partial charge in [0.05, 0.1) is 6.42 Å². The van der Waals surface area contributed by atoms with Gasteiger partial charge in [-0.2, -0.15) is 0 Å². The van der Waals surface area contributed by atoms with Crippen LogP contribution in [-0.2, 0) is 11.2 Å². The van der Waals surface area contributed by atoms with Gasteiger partial charge in [0.1, 0.15) is 0 Å². The van der Waals surface area contributed by atoms with Crippen molar-refractivity contribution >= 4 is 16.9 Å². The van der Waals surface area contributed by atoms with Gasteiger partial charge in [0.25, 0.3) is 0 Å². The zero-order valence-electron chi connectivity index (χ0n) is 8.78. The van der Waals surface area contributed by atoms with Crippen molar-refractivity contribution in [2.75, 3.05) is 0 Å². The standard InChI is InChI=1S/C12H11NO3/c1-7-2-3-10-9(4-7)12(16)8(6-13-10)5-11(14)15/h2-4,6H,5H2,1H3,(H,13,16)(H,14,15). The molecular formula is C12H11NO3. The molecule has 0 saturated carbocycles. The number of H-pyrrole nitrogens is 1. The second-order valence-electron chi connectivity index (χ2n) is 3.76. The molecule has 2 N–H and O–H groups in total. The molecule has 0 fully saturated rings. The lowest BCUT2D eigenvalue weighted by molar-refractivity contribution is -0.136. The Labute approximate surface area is 91.5 Å². The van der Waals surface area contributed by atoms with E-state index in [9.17, 15) is 9.59 Å². The number of pyridine rings is 1. The number of nitrogens with one attached hydrogen (secondary N) is 1. The van der Waals surface area contributed by atoms with Gasteiger partial charge in [-0.1, -0.05) is 11.6 Å². The van der Waals surface area contributed by atoms with Crippen LogP contribution in [0.25, 0.3) is 10.9 Å². The van der Waals surface area contributed by atoms with Gasteiger partial charge in [-0.05, 0) is 19.1 Å². The topological polar surface area (TPSA) is 70.2 Å². The first-order valence-electron chi connectivity index (χ1n) is 4.90. The van der Waals surface area contributed by atoms with Crippen molar-refractivity contribution in [2.45, 2.75) is 13.3 Å². The van der Waals surface area contributed by atoms with Crippen LogP contribution in [0.5, 0.6) is 0 Å². The molecule has 0 amide bonds. The van der Waals surface area contributed by atoms with Crippen LogP contribution < -0.4 is 5.43 Å². The van der Waals surface area contributed by atoms with Crippen molar-refractivity contribution in [2.24, 2.45) is 0 Å². The highest BCUT2D eigenvalue weighted by molar-refractivity contribution is 5.81. The summed E-state index contributed by atoms with van der Waals surface area (Å²) in [6.45, 7) is 1.89. The highest BCUT2D eigenvalue weighted by atomic mass is 16.4. The third-order valence-electron chi connectivity index (χ3n) is 2.45. The number of aromatic nitrogens is 1. The Kier molecular flexibility index (Phi) is 2.48. The quantitative estimate of drug-likeness (QED) is 0.800. The van der Waals surface area contributed by atoms with E-state index in [1.807, 2.05) is 19.1 Å². The number of aryl methyl sites for hydroxylation is 1. The van der Waals surface area contributed by atoms with Gasteiger partial charge in [-0.25, -0.2) is 0 Å². The van der Waals surface area contributed by atoms with Gasteiger partial charge < -0.3 is 10.1 Å². The third-order valence-corrected chi connectivity index (χ3v) is 2.45. The fourth-order valence-electron chi connectivity index (χ4n) is 1.67. The molecule has 0 aliphatic rings. The molecule has 2 rings (SSSR count). The van der Waals surface area contributed by atoms with Gasteiger partial charge in [0.15, 0.2) is 5.43 Å². The Morgan fingerprint density at radius 2 is 2.19 bits per heavy atom. The Hall–Kier alpha value is -2.10. The van der Waals surface area contributed by atoms with E-state index in [0.717, 1.165) is 11.1 Å². The van der Waals surface area contributed by atoms with Crippen molar-refractivity contribution in [3.63, 3.8) is 0 Å². The molecule has 0 radical (unpaired) electrons. The van der Waals surface area contributed by atoms with E-state index in [-0.39, 0.29) is 17.4 Å². The minimum atomic E-state index is -1.00. The van der Waals surface area contributed by atoms with Crippen LogP contribution in [-0.4, -0.2) is 16.1 Å². The smallest absolute Gasteiger partial charge is 0.308 e. The molecule has 4 heteroatoms. The molecule has 2 aromatic rings. The number of carbonyl (C=O) groups is 1. The van der Waals surface area contributed by atoms with E-state index in [2.05, 4.69) is 4.98 Å². The number of carboxylic acids is 1. The predicted molar refractivity (Wildman–Crippen MR) is 60.6 cm³/mol. The summed E-state index contributed by atoms with van der Waals surface area (Å²) in [5.41, 5.74) is 1.78. The van der Waals surface area contributed by atoms with Gasteiger partial charge in [0.2, 0.25) is 0 Å². The summed E-state index contributed by atoms with van der Waals surface area (Å²) >= 11 is 0. The number of hydrogen-bond donors (Lipinski definition) is 2. The lowest BCUT2D eigenvalue weighted by atomic mass is 10.1. The van der Waals surface area contributed by atoms with Crippen molar-refractivity contribution in [3.05, 3.63) is 45.7 Å². The van der Waals surface area contributed by atoms with Crippen LogP contribution in [0.2, 0.25) is 0 Å². The summed E-state index contributed by atoms with van der Waals surface area (Å²) in [6.07, 6.45) is 1.22. The van der Waals surface area contributed by atoms with Crippen LogP contribution in [0.15, 0.2) is 29.2 Å². The van der Waals surface area contributed by atoms with Gasteiger partial charge >= 0.3 is 5.97 Å². The molecule has 1 heterocycles. The average Bonchev–Trinajstić information content (AvgIpc) is 2.22. The molecule has 0 atom stereocenters. The summed E-state index contributed by atoms with van der Waals surface area (Å²) in [5.74, 6) is -1.00. The number of benzene rings is 1. The molecule has 0 saturated heterocycles. The van der Waals surface area contributed by atoms with Gasteiger partial charge in [-0.15, -0.1) is 0 Å². The number of aromatic amines is 1. The van der Waals surface area contributed by atoms with Crippen molar-refractivity contribution in [1.29, 1.82) is 0 Å². The minimum Gasteiger partial charge on any atom is -0.481 e. The summed E-state index contributed by atoms with van der Waals surface area (Å²) < 4.78 is 0. The fourth-order valence-corrected chi connectivity index (χ4v) is 1.67. The Balaban J connectivity index is 2.68.